The van der Waals surface area contributed by atoms with Gasteiger partial charge in [-0.3, -0.25) is 0 Å². The van der Waals surface area contributed by atoms with Crippen molar-refractivity contribution >= 4 is 0 Å². The van der Waals surface area contributed by atoms with Crippen molar-refractivity contribution in [3.8, 4) is 0 Å². The first-order valence-electron chi connectivity index (χ1n) is 5.67. The molecular formula is C12H24O. The maximum atomic E-state index is 10.3. The van der Waals surface area contributed by atoms with Crippen LogP contribution in [-0.2, 0) is 0 Å². The molecule has 0 amide bonds. The van der Waals surface area contributed by atoms with Gasteiger partial charge in [0.25, 0.3) is 0 Å². The lowest BCUT2D eigenvalue weighted by Crippen LogP contribution is -2.42. The molecule has 0 aromatic carbocycles. The van der Waals surface area contributed by atoms with Crippen LogP contribution in [0.2, 0.25) is 0 Å². The summed E-state index contributed by atoms with van der Waals surface area (Å²) in [5, 5.41) is 10.3. The largest absolute Gasteiger partial charge is 0.390 e. The Balaban J connectivity index is 2.65. The molecule has 0 heterocycles. The molecule has 1 rings (SSSR count). The minimum atomic E-state index is -0.401. The van der Waals surface area contributed by atoms with Gasteiger partial charge in [0.15, 0.2) is 0 Å². The van der Waals surface area contributed by atoms with E-state index < -0.39 is 5.60 Å². The number of aliphatic hydroxyl groups is 1. The summed E-state index contributed by atoms with van der Waals surface area (Å²) in [5.41, 5.74) is -0.401. The third kappa shape index (κ3) is 2.46. The van der Waals surface area contributed by atoms with Crippen LogP contribution in [0, 0.1) is 17.8 Å². The second-order valence-corrected chi connectivity index (χ2v) is 5.31. The molecule has 1 N–H and O–H groups in total. The molecule has 3 atom stereocenters. The van der Waals surface area contributed by atoms with E-state index in [1.807, 2.05) is 6.92 Å². The minimum Gasteiger partial charge on any atom is -0.390 e. The molecule has 1 unspecified atom stereocenters. The Labute approximate surface area is 82.5 Å². The lowest BCUT2D eigenvalue weighted by atomic mass is 9.68. The average molecular weight is 184 g/mol. The lowest BCUT2D eigenvalue weighted by molar-refractivity contribution is -0.0609. The predicted octanol–water partition coefficient (Wildman–Crippen LogP) is 3.22. The van der Waals surface area contributed by atoms with Crippen molar-refractivity contribution in [2.45, 2.75) is 59.0 Å². The molecule has 0 spiro atoms. The molecule has 1 fully saturated rings. The Bertz CT molecular complexity index is 161. The second-order valence-electron chi connectivity index (χ2n) is 5.31. The average Bonchev–Trinajstić information content (AvgIpc) is 2.02. The van der Waals surface area contributed by atoms with E-state index in [9.17, 15) is 5.11 Å². The van der Waals surface area contributed by atoms with E-state index in [2.05, 4.69) is 20.8 Å². The van der Waals surface area contributed by atoms with E-state index in [1.54, 1.807) is 0 Å². The van der Waals surface area contributed by atoms with E-state index >= 15 is 0 Å². The molecule has 0 aromatic heterocycles. The fourth-order valence-corrected chi connectivity index (χ4v) is 2.64. The van der Waals surface area contributed by atoms with Gasteiger partial charge in [-0.2, -0.15) is 0 Å². The first kappa shape index (κ1) is 11.0. The van der Waals surface area contributed by atoms with Crippen molar-refractivity contribution < 1.29 is 5.11 Å². The third-order valence-corrected chi connectivity index (χ3v) is 3.93. The smallest absolute Gasteiger partial charge is 0.0650 e. The summed E-state index contributed by atoms with van der Waals surface area (Å²) >= 11 is 0. The van der Waals surface area contributed by atoms with Crippen molar-refractivity contribution in [2.75, 3.05) is 0 Å². The van der Waals surface area contributed by atoms with E-state index in [-0.39, 0.29) is 0 Å². The number of hydrogen-bond acceptors (Lipinski definition) is 1. The Kier molecular flexibility index (Phi) is 3.39. The maximum Gasteiger partial charge on any atom is 0.0650 e. The Morgan fingerprint density at radius 3 is 2.31 bits per heavy atom. The van der Waals surface area contributed by atoms with Crippen molar-refractivity contribution in [1.29, 1.82) is 0 Å². The first-order chi connectivity index (χ1) is 5.95. The van der Waals surface area contributed by atoms with E-state index in [0.29, 0.717) is 17.8 Å². The van der Waals surface area contributed by atoms with Gasteiger partial charge in [-0.25, -0.2) is 0 Å². The molecule has 0 aromatic rings. The highest BCUT2D eigenvalue weighted by Crippen LogP contribution is 2.40. The first-order valence-corrected chi connectivity index (χ1v) is 5.67. The topological polar surface area (TPSA) is 20.2 Å². The normalized spacial score (nSPS) is 37.8. The molecule has 1 heteroatoms. The highest BCUT2D eigenvalue weighted by Gasteiger charge is 2.38. The monoisotopic (exact) mass is 184 g/mol. The summed E-state index contributed by atoms with van der Waals surface area (Å²) in [6.07, 6.45) is 4.72. The van der Waals surface area contributed by atoms with E-state index in [0.717, 1.165) is 6.42 Å². The second kappa shape index (κ2) is 4.00. The summed E-state index contributed by atoms with van der Waals surface area (Å²) in [5.74, 6) is 1.85. The van der Waals surface area contributed by atoms with Gasteiger partial charge in [0.05, 0.1) is 5.60 Å². The Morgan fingerprint density at radius 1 is 1.23 bits per heavy atom. The van der Waals surface area contributed by atoms with Crippen molar-refractivity contribution in [3.63, 3.8) is 0 Å². The zero-order chi connectivity index (χ0) is 10.1. The van der Waals surface area contributed by atoms with Gasteiger partial charge in [0, 0.05) is 0 Å². The van der Waals surface area contributed by atoms with Gasteiger partial charge in [0.2, 0.25) is 0 Å². The van der Waals surface area contributed by atoms with Crippen LogP contribution in [0.3, 0.4) is 0 Å². The highest BCUT2D eigenvalue weighted by molar-refractivity contribution is 4.89. The van der Waals surface area contributed by atoms with Crippen LogP contribution in [0.1, 0.15) is 53.4 Å². The Morgan fingerprint density at radius 2 is 1.85 bits per heavy atom. The summed E-state index contributed by atoms with van der Waals surface area (Å²) in [6.45, 7) is 8.83. The van der Waals surface area contributed by atoms with Gasteiger partial charge >= 0.3 is 0 Å². The number of hydrogen-bond donors (Lipinski definition) is 1. The molecule has 78 valence electrons. The third-order valence-electron chi connectivity index (χ3n) is 3.93. The SMILES string of the molecule is CC(C)C(C)[C@@H]1CCCC[C@@]1(C)O. The molecule has 0 saturated heterocycles. The summed E-state index contributed by atoms with van der Waals surface area (Å²) < 4.78 is 0. The van der Waals surface area contributed by atoms with Crippen molar-refractivity contribution in [2.24, 2.45) is 17.8 Å². The van der Waals surface area contributed by atoms with Crippen LogP contribution in [0.25, 0.3) is 0 Å². The molecule has 1 aliphatic carbocycles. The fourth-order valence-electron chi connectivity index (χ4n) is 2.64. The Hall–Kier alpha value is -0.0400. The zero-order valence-corrected chi connectivity index (χ0v) is 9.51. The zero-order valence-electron chi connectivity index (χ0n) is 9.51. The van der Waals surface area contributed by atoms with Crippen molar-refractivity contribution in [3.05, 3.63) is 0 Å². The van der Waals surface area contributed by atoms with Crippen LogP contribution >= 0.6 is 0 Å². The lowest BCUT2D eigenvalue weighted by Gasteiger charge is -2.42. The minimum absolute atomic E-state index is 0.401. The van der Waals surface area contributed by atoms with Crippen LogP contribution in [0.15, 0.2) is 0 Å². The van der Waals surface area contributed by atoms with Gasteiger partial charge < -0.3 is 5.11 Å². The van der Waals surface area contributed by atoms with Crippen LogP contribution in [0.4, 0.5) is 0 Å². The molecule has 0 radical (unpaired) electrons. The standard InChI is InChI=1S/C12H24O/c1-9(2)10(3)11-7-5-6-8-12(11,4)13/h9-11,13H,5-8H2,1-4H3/t10?,11-,12+/m0/s1. The summed E-state index contributed by atoms with van der Waals surface area (Å²) in [4.78, 5) is 0. The van der Waals surface area contributed by atoms with Gasteiger partial charge in [-0.1, -0.05) is 33.6 Å². The van der Waals surface area contributed by atoms with E-state index in [4.69, 9.17) is 0 Å². The molecular weight excluding hydrogens is 160 g/mol. The summed E-state index contributed by atoms with van der Waals surface area (Å²) in [6, 6.07) is 0. The van der Waals surface area contributed by atoms with Crippen LogP contribution < -0.4 is 0 Å². The maximum absolute atomic E-state index is 10.3. The molecule has 1 aliphatic rings. The molecule has 0 bridgehead atoms. The van der Waals surface area contributed by atoms with E-state index in [1.165, 1.54) is 19.3 Å². The van der Waals surface area contributed by atoms with Gasteiger partial charge in [-0.15, -0.1) is 0 Å². The van der Waals surface area contributed by atoms with Crippen LogP contribution in [-0.4, -0.2) is 10.7 Å². The molecule has 0 aliphatic heterocycles. The van der Waals surface area contributed by atoms with Gasteiger partial charge in [0.1, 0.15) is 0 Å². The fraction of sp³-hybridized carbons (Fsp3) is 1.00. The summed E-state index contributed by atoms with van der Waals surface area (Å²) in [7, 11) is 0. The highest BCUT2D eigenvalue weighted by atomic mass is 16.3. The quantitative estimate of drug-likeness (QED) is 0.698. The predicted molar refractivity (Wildman–Crippen MR) is 56.6 cm³/mol. The molecule has 1 saturated carbocycles. The van der Waals surface area contributed by atoms with Crippen LogP contribution in [0.5, 0.6) is 0 Å². The van der Waals surface area contributed by atoms with Gasteiger partial charge in [-0.05, 0) is 37.5 Å². The molecule has 13 heavy (non-hydrogen) atoms. The number of rotatable bonds is 2. The molecule has 1 nitrogen and oxygen atoms in total. The van der Waals surface area contributed by atoms with Crippen molar-refractivity contribution in [1.82, 2.24) is 0 Å².